The van der Waals surface area contributed by atoms with Gasteiger partial charge in [0.05, 0.1) is 0 Å². The van der Waals surface area contributed by atoms with Gasteiger partial charge in [-0.3, -0.25) is 9.59 Å². The first-order valence-electron chi connectivity index (χ1n) is 6.65. The lowest BCUT2D eigenvalue weighted by Crippen LogP contribution is -2.45. The first-order valence-corrected chi connectivity index (χ1v) is 8.75. The molecule has 2 fully saturated rings. The highest BCUT2D eigenvalue weighted by Crippen LogP contribution is 2.37. The van der Waals surface area contributed by atoms with Crippen LogP contribution in [0.4, 0.5) is 0 Å². The summed E-state index contributed by atoms with van der Waals surface area (Å²) in [5.74, 6) is 0.796. The first kappa shape index (κ1) is 16.1. The fourth-order valence-corrected chi connectivity index (χ4v) is 4.98. The van der Waals surface area contributed by atoms with Crippen LogP contribution in [0.5, 0.6) is 0 Å². The zero-order valence-corrected chi connectivity index (χ0v) is 13.9. The highest BCUT2D eigenvalue weighted by atomic mass is 32.2. The minimum Gasteiger partial charge on any atom is -0.346 e. The molecule has 0 saturated carbocycles. The fraction of sp³-hybridized carbons (Fsp3) is 0.846. The molecule has 5 nitrogen and oxygen atoms in total. The normalized spacial score (nSPS) is 30.2. The number of ketones is 1. The van der Waals surface area contributed by atoms with E-state index in [1.807, 2.05) is 0 Å². The predicted molar refractivity (Wildman–Crippen MR) is 80.8 cm³/mol. The molecule has 0 aromatic rings. The van der Waals surface area contributed by atoms with Crippen LogP contribution in [0.3, 0.4) is 0 Å². The number of carbonyl (C=O) groups is 2. The number of hydrogen-bond donors (Lipinski definition) is 0. The fourth-order valence-electron chi connectivity index (χ4n) is 2.19. The zero-order chi connectivity index (χ0) is 14.9. The van der Waals surface area contributed by atoms with E-state index >= 15 is 0 Å². The Morgan fingerprint density at radius 3 is 2.20 bits per heavy atom. The monoisotopic (exact) mass is 319 g/mol. The van der Waals surface area contributed by atoms with E-state index < -0.39 is 18.0 Å². The van der Waals surface area contributed by atoms with Gasteiger partial charge in [-0.1, -0.05) is 0 Å². The second-order valence-corrected chi connectivity index (χ2v) is 8.26. The third-order valence-corrected chi connectivity index (χ3v) is 6.06. The molecule has 114 valence electrons. The van der Waals surface area contributed by atoms with Crippen molar-refractivity contribution in [2.45, 2.75) is 42.8 Å². The van der Waals surface area contributed by atoms with Crippen LogP contribution in [0, 0.1) is 0 Å². The molecule has 0 aromatic heterocycles. The average molecular weight is 319 g/mol. The molecule has 0 unspecified atom stereocenters. The van der Waals surface area contributed by atoms with E-state index in [1.165, 1.54) is 4.90 Å². The second kappa shape index (κ2) is 6.25. The van der Waals surface area contributed by atoms with Gasteiger partial charge in [-0.15, -0.1) is 23.5 Å². The Morgan fingerprint density at radius 1 is 1.10 bits per heavy atom. The number of thioether (sulfide) groups is 2. The van der Waals surface area contributed by atoms with Crippen molar-refractivity contribution >= 4 is 35.2 Å². The van der Waals surface area contributed by atoms with Gasteiger partial charge < -0.3 is 14.4 Å². The summed E-state index contributed by atoms with van der Waals surface area (Å²) in [5.41, 5.74) is 0. The molecule has 1 amide bonds. The molecule has 0 N–H and O–H groups in total. The molecule has 0 bridgehead atoms. The van der Waals surface area contributed by atoms with Crippen molar-refractivity contribution in [2.75, 3.05) is 25.6 Å². The molecule has 0 radical (unpaired) electrons. The third-order valence-electron chi connectivity index (χ3n) is 3.12. The maximum absolute atomic E-state index is 12.6. The van der Waals surface area contributed by atoms with Gasteiger partial charge >= 0.3 is 0 Å². The van der Waals surface area contributed by atoms with E-state index in [-0.39, 0.29) is 16.3 Å². The van der Waals surface area contributed by atoms with Crippen LogP contribution in [0.2, 0.25) is 0 Å². The molecule has 2 aliphatic heterocycles. The lowest BCUT2D eigenvalue weighted by atomic mass is 10.1. The van der Waals surface area contributed by atoms with Crippen molar-refractivity contribution in [2.24, 2.45) is 0 Å². The van der Waals surface area contributed by atoms with Crippen LogP contribution < -0.4 is 0 Å². The Morgan fingerprint density at radius 2 is 1.65 bits per heavy atom. The van der Waals surface area contributed by atoms with Crippen molar-refractivity contribution in [1.29, 1.82) is 0 Å². The van der Waals surface area contributed by atoms with E-state index in [2.05, 4.69) is 0 Å². The molecule has 2 heterocycles. The predicted octanol–water partition coefficient (Wildman–Crippen LogP) is 1.36. The minimum absolute atomic E-state index is 0.0366. The lowest BCUT2D eigenvalue weighted by Gasteiger charge is -2.24. The smallest absolute Gasteiger partial charge is 0.254 e. The molecule has 2 atom stereocenters. The van der Waals surface area contributed by atoms with Gasteiger partial charge in [0, 0.05) is 14.1 Å². The van der Waals surface area contributed by atoms with Crippen molar-refractivity contribution in [3.63, 3.8) is 0 Å². The Bertz CT molecular complexity index is 394. The van der Waals surface area contributed by atoms with Crippen molar-refractivity contribution in [3.8, 4) is 0 Å². The van der Waals surface area contributed by atoms with E-state index in [1.54, 1.807) is 51.5 Å². The standard InChI is InChI=1S/C13H21NO4S2/c1-13(2)17-9(10(18-13)11(16)14(3)4)8(15)12-19-6-5-7-20-12/h9-10,12H,5-7H2,1-4H3/t9-,10+/m1/s1. The topological polar surface area (TPSA) is 55.8 Å². The highest BCUT2D eigenvalue weighted by Gasteiger charge is 2.50. The summed E-state index contributed by atoms with van der Waals surface area (Å²) in [7, 11) is 3.31. The van der Waals surface area contributed by atoms with Crippen LogP contribution >= 0.6 is 23.5 Å². The van der Waals surface area contributed by atoms with Gasteiger partial charge in [-0.05, 0) is 31.8 Å². The van der Waals surface area contributed by atoms with Crippen LogP contribution in [-0.2, 0) is 19.1 Å². The van der Waals surface area contributed by atoms with Crippen LogP contribution in [0.15, 0.2) is 0 Å². The number of Topliss-reactive ketones (excluding diaryl/α,β-unsaturated/α-hetero) is 1. The molecule has 20 heavy (non-hydrogen) atoms. The second-order valence-electron chi connectivity index (χ2n) is 5.54. The molecule has 2 saturated heterocycles. The molecular formula is C13H21NO4S2. The molecular weight excluding hydrogens is 298 g/mol. The number of nitrogens with zero attached hydrogens (tertiary/aromatic N) is 1. The van der Waals surface area contributed by atoms with E-state index in [0.29, 0.717) is 0 Å². The van der Waals surface area contributed by atoms with Gasteiger partial charge in [-0.2, -0.15) is 0 Å². The molecule has 0 aromatic carbocycles. The summed E-state index contributed by atoms with van der Waals surface area (Å²) in [6.07, 6.45) is -0.522. The van der Waals surface area contributed by atoms with Gasteiger partial charge in [0.25, 0.3) is 5.91 Å². The summed E-state index contributed by atoms with van der Waals surface area (Å²) in [6.45, 7) is 3.47. The quantitative estimate of drug-likeness (QED) is 0.783. The van der Waals surface area contributed by atoms with E-state index in [9.17, 15) is 9.59 Å². The third kappa shape index (κ3) is 3.50. The molecule has 2 rings (SSSR count). The Balaban J connectivity index is 2.14. The molecule has 0 aliphatic carbocycles. The maximum Gasteiger partial charge on any atom is 0.254 e. The van der Waals surface area contributed by atoms with E-state index in [4.69, 9.17) is 9.47 Å². The summed E-state index contributed by atoms with van der Waals surface area (Å²) in [4.78, 5) is 26.2. The van der Waals surface area contributed by atoms with Crippen LogP contribution in [0.1, 0.15) is 20.3 Å². The Kier molecular flexibility index (Phi) is 5.05. The summed E-state index contributed by atoms with van der Waals surface area (Å²) in [5, 5.41) is 0. The molecule has 7 heteroatoms. The molecule has 0 spiro atoms. The summed E-state index contributed by atoms with van der Waals surface area (Å²) in [6, 6.07) is 0. The minimum atomic E-state index is -0.902. The Hall–Kier alpha value is -0.240. The SMILES string of the molecule is CN(C)C(=O)[C@H]1OC(C)(C)O[C@@H]1C(=O)C1SCCCS1. The van der Waals surface area contributed by atoms with E-state index in [0.717, 1.165) is 17.9 Å². The number of carbonyl (C=O) groups excluding carboxylic acids is 2. The number of rotatable bonds is 3. The van der Waals surface area contributed by atoms with Gasteiger partial charge in [0.15, 0.2) is 23.8 Å². The summed E-state index contributed by atoms with van der Waals surface area (Å²) < 4.78 is 11.2. The maximum atomic E-state index is 12.6. The van der Waals surface area contributed by atoms with Crippen molar-refractivity contribution in [3.05, 3.63) is 0 Å². The van der Waals surface area contributed by atoms with Crippen molar-refractivity contribution in [1.82, 2.24) is 4.90 Å². The van der Waals surface area contributed by atoms with Crippen LogP contribution in [0.25, 0.3) is 0 Å². The Labute approximate surface area is 128 Å². The highest BCUT2D eigenvalue weighted by molar-refractivity contribution is 8.18. The first-order chi connectivity index (χ1) is 9.32. The summed E-state index contributed by atoms with van der Waals surface area (Å²) >= 11 is 3.27. The van der Waals surface area contributed by atoms with Gasteiger partial charge in [-0.25, -0.2) is 0 Å². The van der Waals surface area contributed by atoms with Gasteiger partial charge in [0.2, 0.25) is 0 Å². The largest absolute Gasteiger partial charge is 0.346 e. The zero-order valence-electron chi connectivity index (χ0n) is 12.3. The number of amides is 1. The van der Waals surface area contributed by atoms with Gasteiger partial charge in [0.1, 0.15) is 4.58 Å². The van der Waals surface area contributed by atoms with Crippen LogP contribution in [-0.4, -0.2) is 64.8 Å². The number of ether oxygens (including phenoxy) is 2. The average Bonchev–Trinajstić information content (AvgIpc) is 2.74. The lowest BCUT2D eigenvalue weighted by molar-refractivity contribution is -0.161. The number of likely N-dealkylation sites (N-methyl/N-ethyl adjacent to an activating group) is 1. The number of hydrogen-bond acceptors (Lipinski definition) is 6. The molecule has 2 aliphatic rings. The van der Waals surface area contributed by atoms with Crippen molar-refractivity contribution < 1.29 is 19.1 Å².